The van der Waals surface area contributed by atoms with E-state index in [9.17, 15) is 22.8 Å². The molecule has 0 bridgehead atoms. The molecule has 0 aliphatic carbocycles. The Kier molecular flexibility index (Phi) is 5.72. The zero-order valence-corrected chi connectivity index (χ0v) is 19.7. The van der Waals surface area contributed by atoms with Crippen LogP contribution < -0.4 is 14.9 Å². The van der Waals surface area contributed by atoms with Gasteiger partial charge in [-0.1, -0.05) is 36.4 Å². The first-order valence-corrected chi connectivity index (χ1v) is 11.6. The summed E-state index contributed by atoms with van der Waals surface area (Å²) >= 11 is 0. The third-order valence-electron chi connectivity index (χ3n) is 5.84. The number of halogens is 3. The minimum Gasteiger partial charge on any atom is -0.449 e. The molecule has 0 amide bonds. The number of benzene rings is 4. The van der Waals surface area contributed by atoms with Gasteiger partial charge in [0.1, 0.15) is 22.6 Å². The Hall–Kier alpha value is -5.25. The quantitative estimate of drug-likeness (QED) is 0.139. The summed E-state index contributed by atoms with van der Waals surface area (Å²) in [5.41, 5.74) is 0.643. The summed E-state index contributed by atoms with van der Waals surface area (Å²) in [5.74, 6) is -3.51. The molecule has 0 saturated heterocycles. The average Bonchev–Trinajstić information content (AvgIpc) is 2.93. The molecule has 7 nitrogen and oxygen atoms in total. The molecule has 0 aliphatic rings. The van der Waals surface area contributed by atoms with Gasteiger partial charge in [-0.25, -0.2) is 14.8 Å². The molecule has 6 rings (SSSR count). The van der Waals surface area contributed by atoms with Gasteiger partial charge in [-0.3, -0.25) is 4.79 Å². The fourth-order valence-corrected chi connectivity index (χ4v) is 4.07. The Labute approximate surface area is 217 Å². The molecule has 0 saturated carbocycles. The predicted octanol–water partition coefficient (Wildman–Crippen LogP) is 6.92. The van der Waals surface area contributed by atoms with Gasteiger partial charge in [0.15, 0.2) is 0 Å². The van der Waals surface area contributed by atoms with Crippen molar-refractivity contribution in [2.75, 3.05) is 0 Å². The van der Waals surface area contributed by atoms with Gasteiger partial charge in [0.2, 0.25) is 11.2 Å². The van der Waals surface area contributed by atoms with E-state index in [4.69, 9.17) is 13.9 Å². The highest BCUT2D eigenvalue weighted by molar-refractivity contribution is 6.04. The lowest BCUT2D eigenvalue weighted by Crippen LogP contribution is -2.15. The number of hydrogen-bond acceptors (Lipinski definition) is 7. The van der Waals surface area contributed by atoms with Gasteiger partial charge in [0.25, 0.3) is 5.76 Å². The van der Waals surface area contributed by atoms with Crippen molar-refractivity contribution in [3.05, 3.63) is 113 Å². The smallest absolute Gasteiger partial charge is 0.449 e. The monoisotopic (exact) mass is 528 g/mol. The largest absolute Gasteiger partial charge is 0.453 e. The maximum absolute atomic E-state index is 13.8. The number of para-hydroxylation sites is 4. The summed E-state index contributed by atoms with van der Waals surface area (Å²) in [5, 5.41) is -0.184. The second-order valence-electron chi connectivity index (χ2n) is 8.44. The van der Waals surface area contributed by atoms with Crippen molar-refractivity contribution < 1.29 is 31.9 Å². The van der Waals surface area contributed by atoms with Crippen molar-refractivity contribution in [1.82, 2.24) is 9.97 Å². The van der Waals surface area contributed by atoms with Crippen molar-refractivity contribution >= 4 is 39.0 Å². The molecule has 6 aromatic rings. The highest BCUT2D eigenvalue weighted by Crippen LogP contribution is 2.38. The van der Waals surface area contributed by atoms with Crippen LogP contribution in [0.4, 0.5) is 13.2 Å². The first-order valence-electron chi connectivity index (χ1n) is 11.6. The Morgan fingerprint density at radius 1 is 0.769 bits per heavy atom. The van der Waals surface area contributed by atoms with Crippen molar-refractivity contribution in [3.63, 3.8) is 0 Å². The molecule has 0 aliphatic heterocycles. The minimum absolute atomic E-state index is 0.0335. The van der Waals surface area contributed by atoms with Crippen LogP contribution in [0.1, 0.15) is 16.1 Å². The summed E-state index contributed by atoms with van der Waals surface area (Å²) in [4.78, 5) is 35.1. The number of carbonyl (C=O) groups excluding carboxylic acids is 1. The maximum atomic E-state index is 13.8. The number of aromatic nitrogens is 2. The van der Waals surface area contributed by atoms with E-state index in [-0.39, 0.29) is 22.4 Å². The Bertz CT molecular complexity index is 1950. The SMILES string of the molecule is O=C(Oc1ccc2c(=O)c(Oc3ccccc3)c(C(F)(F)F)oc2c1)c1cccc2nc3ccccc3nc12. The normalized spacial score (nSPS) is 11.7. The second kappa shape index (κ2) is 9.25. The van der Waals surface area contributed by atoms with Crippen LogP contribution in [0.5, 0.6) is 17.2 Å². The number of hydrogen-bond donors (Lipinski definition) is 0. The van der Waals surface area contributed by atoms with Crippen LogP contribution in [0, 0.1) is 0 Å². The molecule has 0 spiro atoms. The van der Waals surface area contributed by atoms with Crippen molar-refractivity contribution in [2.45, 2.75) is 6.18 Å². The third kappa shape index (κ3) is 4.52. The number of fused-ring (bicyclic) bond motifs is 3. The molecule has 0 atom stereocenters. The molecule has 39 heavy (non-hydrogen) atoms. The van der Waals surface area contributed by atoms with Crippen molar-refractivity contribution in [1.29, 1.82) is 0 Å². The molecule has 4 aromatic carbocycles. The summed E-state index contributed by atoms with van der Waals surface area (Å²) < 4.78 is 57.3. The standard InChI is InChI=1S/C29H15F3N2O5/c30-29(31,32)27-26(37-16-7-2-1-3-8-16)25(35)18-14-13-17(15-23(18)39-27)38-28(36)19-9-6-12-22-24(19)34-21-11-5-4-10-20(21)33-22/h1-15H. The molecule has 0 radical (unpaired) electrons. The Balaban J connectivity index is 1.39. The van der Waals surface area contributed by atoms with Gasteiger partial charge >= 0.3 is 12.1 Å². The topological polar surface area (TPSA) is 91.5 Å². The van der Waals surface area contributed by atoms with Crippen LogP contribution in [-0.2, 0) is 6.18 Å². The number of ether oxygens (including phenoxy) is 2. The van der Waals surface area contributed by atoms with E-state index in [1.54, 1.807) is 48.5 Å². The number of nitrogens with zero attached hydrogens (tertiary/aromatic N) is 2. The molecule has 0 unspecified atom stereocenters. The van der Waals surface area contributed by atoms with E-state index >= 15 is 0 Å². The second-order valence-corrected chi connectivity index (χ2v) is 8.44. The van der Waals surface area contributed by atoms with Gasteiger partial charge in [0, 0.05) is 6.07 Å². The first kappa shape index (κ1) is 24.1. The molecule has 10 heteroatoms. The number of carbonyl (C=O) groups is 1. The Morgan fingerprint density at radius 2 is 1.46 bits per heavy atom. The minimum atomic E-state index is -5.03. The van der Waals surface area contributed by atoms with Gasteiger partial charge in [-0.05, 0) is 48.5 Å². The third-order valence-corrected chi connectivity index (χ3v) is 5.84. The van der Waals surface area contributed by atoms with Crippen molar-refractivity contribution in [3.8, 4) is 17.2 Å². The summed E-state index contributed by atoms with van der Waals surface area (Å²) in [6.07, 6.45) is -5.03. The summed E-state index contributed by atoms with van der Waals surface area (Å²) in [7, 11) is 0. The van der Waals surface area contributed by atoms with Gasteiger partial charge in [0.05, 0.1) is 27.5 Å². The van der Waals surface area contributed by atoms with Crippen LogP contribution in [0.15, 0.2) is 100 Å². The van der Waals surface area contributed by atoms with E-state index in [0.29, 0.717) is 22.1 Å². The van der Waals surface area contributed by atoms with Crippen LogP contribution in [0.2, 0.25) is 0 Å². The Morgan fingerprint density at radius 3 is 2.21 bits per heavy atom. The zero-order chi connectivity index (χ0) is 27.1. The molecule has 0 fully saturated rings. The highest BCUT2D eigenvalue weighted by Gasteiger charge is 2.40. The molecule has 2 heterocycles. The number of rotatable bonds is 4. The van der Waals surface area contributed by atoms with E-state index < -0.39 is 34.7 Å². The van der Waals surface area contributed by atoms with Gasteiger partial charge in [-0.2, -0.15) is 13.2 Å². The van der Waals surface area contributed by atoms with Crippen molar-refractivity contribution in [2.24, 2.45) is 0 Å². The lowest BCUT2D eigenvalue weighted by molar-refractivity contribution is -0.154. The van der Waals surface area contributed by atoms with Crippen LogP contribution >= 0.6 is 0 Å². The summed E-state index contributed by atoms with van der Waals surface area (Å²) in [6.45, 7) is 0. The molecule has 2 aromatic heterocycles. The van der Waals surface area contributed by atoms with Gasteiger partial charge < -0.3 is 13.9 Å². The fourth-order valence-electron chi connectivity index (χ4n) is 4.07. The summed E-state index contributed by atoms with van der Waals surface area (Å²) in [6, 6.07) is 23.1. The van der Waals surface area contributed by atoms with Crippen LogP contribution in [0.25, 0.3) is 33.0 Å². The molecular weight excluding hydrogens is 513 g/mol. The van der Waals surface area contributed by atoms with E-state index in [0.717, 1.165) is 6.07 Å². The first-order chi connectivity index (χ1) is 18.8. The van der Waals surface area contributed by atoms with E-state index in [1.807, 2.05) is 6.07 Å². The fraction of sp³-hybridized carbons (Fsp3) is 0.0345. The van der Waals surface area contributed by atoms with Crippen LogP contribution in [0.3, 0.4) is 0 Å². The highest BCUT2D eigenvalue weighted by atomic mass is 19.4. The van der Waals surface area contributed by atoms with E-state index in [2.05, 4.69) is 9.97 Å². The number of alkyl halides is 3. The molecule has 0 N–H and O–H groups in total. The van der Waals surface area contributed by atoms with E-state index in [1.165, 1.54) is 30.3 Å². The predicted molar refractivity (Wildman–Crippen MR) is 136 cm³/mol. The lowest BCUT2D eigenvalue weighted by atomic mass is 10.1. The van der Waals surface area contributed by atoms with Gasteiger partial charge in [-0.15, -0.1) is 0 Å². The van der Waals surface area contributed by atoms with Crippen LogP contribution in [-0.4, -0.2) is 15.9 Å². The molecular formula is C29H15F3N2O5. The average molecular weight is 528 g/mol. The molecule has 192 valence electrons. The number of esters is 1. The lowest BCUT2D eigenvalue weighted by Gasteiger charge is -2.13. The maximum Gasteiger partial charge on any atom is 0.453 e. The zero-order valence-electron chi connectivity index (χ0n) is 19.7.